The molecule has 138 valence electrons. The third-order valence-electron chi connectivity index (χ3n) is 4.97. The minimum absolute atomic E-state index is 0.821. The summed E-state index contributed by atoms with van der Waals surface area (Å²) in [6.07, 6.45) is 4.53. The molecule has 0 radical (unpaired) electrons. The van der Waals surface area contributed by atoms with Gasteiger partial charge in [0.2, 0.25) is 0 Å². The third kappa shape index (κ3) is 3.71. The van der Waals surface area contributed by atoms with Crippen LogP contribution in [-0.2, 0) is 4.79 Å². The van der Waals surface area contributed by atoms with E-state index in [1.165, 1.54) is 5.69 Å². The maximum absolute atomic E-state index is 10.7. The molecule has 0 spiro atoms. The van der Waals surface area contributed by atoms with Gasteiger partial charge in [-0.15, -0.1) is 0 Å². The highest BCUT2D eigenvalue weighted by molar-refractivity contribution is 5.87. The highest BCUT2D eigenvalue weighted by Gasteiger charge is 2.15. The van der Waals surface area contributed by atoms with Gasteiger partial charge >= 0.3 is 5.97 Å². The van der Waals surface area contributed by atoms with E-state index in [1.807, 2.05) is 24.5 Å². The molecular formula is C21H22N4O2. The lowest BCUT2D eigenvalue weighted by Gasteiger charge is -2.34. The third-order valence-corrected chi connectivity index (χ3v) is 4.97. The van der Waals surface area contributed by atoms with E-state index < -0.39 is 5.97 Å². The average Bonchev–Trinajstić information content (AvgIpc) is 3.10. The van der Waals surface area contributed by atoms with Crippen molar-refractivity contribution in [3.63, 3.8) is 0 Å². The maximum atomic E-state index is 10.7. The summed E-state index contributed by atoms with van der Waals surface area (Å²) in [5, 5.41) is 8.78. The molecule has 0 atom stereocenters. The molecule has 1 saturated heterocycles. The van der Waals surface area contributed by atoms with Gasteiger partial charge in [-0.2, -0.15) is 0 Å². The SMILES string of the molecule is CN1CCN(c2cccc(-n3cnc4cc(C=CC(=O)O)ccc43)c2)CC1. The summed E-state index contributed by atoms with van der Waals surface area (Å²) < 4.78 is 2.07. The van der Waals surface area contributed by atoms with Crippen molar-refractivity contribution in [1.82, 2.24) is 14.5 Å². The first-order valence-corrected chi connectivity index (χ1v) is 9.02. The zero-order valence-corrected chi connectivity index (χ0v) is 15.2. The summed E-state index contributed by atoms with van der Waals surface area (Å²) in [5.41, 5.74) is 4.96. The molecule has 1 N–H and O–H groups in total. The Labute approximate surface area is 158 Å². The van der Waals surface area contributed by atoms with Crippen LogP contribution in [0.15, 0.2) is 54.9 Å². The van der Waals surface area contributed by atoms with Crippen molar-refractivity contribution in [3.8, 4) is 5.69 Å². The van der Waals surface area contributed by atoms with Crippen LogP contribution in [0, 0.1) is 0 Å². The van der Waals surface area contributed by atoms with Gasteiger partial charge in [0.25, 0.3) is 0 Å². The van der Waals surface area contributed by atoms with E-state index in [0.29, 0.717) is 0 Å². The summed E-state index contributed by atoms with van der Waals surface area (Å²) in [5.74, 6) is -0.957. The molecule has 0 bridgehead atoms. The largest absolute Gasteiger partial charge is 0.478 e. The Bertz CT molecular complexity index is 1000. The highest BCUT2D eigenvalue weighted by Crippen LogP contribution is 2.24. The first kappa shape index (κ1) is 17.3. The van der Waals surface area contributed by atoms with Gasteiger partial charge < -0.3 is 14.9 Å². The van der Waals surface area contributed by atoms with Crippen LogP contribution in [0.1, 0.15) is 5.56 Å². The summed E-state index contributed by atoms with van der Waals surface area (Å²) in [4.78, 5) is 20.0. The highest BCUT2D eigenvalue weighted by atomic mass is 16.4. The fourth-order valence-corrected chi connectivity index (χ4v) is 3.41. The Morgan fingerprint density at radius 3 is 2.63 bits per heavy atom. The number of hydrogen-bond acceptors (Lipinski definition) is 4. The molecule has 0 amide bonds. The van der Waals surface area contributed by atoms with Gasteiger partial charge in [0, 0.05) is 43.6 Å². The number of rotatable bonds is 4. The number of hydrogen-bond donors (Lipinski definition) is 1. The topological polar surface area (TPSA) is 61.6 Å². The second-order valence-corrected chi connectivity index (χ2v) is 6.84. The van der Waals surface area contributed by atoms with Crippen LogP contribution in [-0.4, -0.2) is 58.8 Å². The van der Waals surface area contributed by atoms with Crippen LogP contribution in [0.4, 0.5) is 5.69 Å². The quantitative estimate of drug-likeness (QED) is 0.723. The van der Waals surface area contributed by atoms with E-state index in [2.05, 4.69) is 50.7 Å². The number of aromatic nitrogens is 2. The summed E-state index contributed by atoms with van der Waals surface area (Å²) >= 11 is 0. The van der Waals surface area contributed by atoms with Crippen LogP contribution in [0.2, 0.25) is 0 Å². The molecule has 0 aliphatic carbocycles. The van der Waals surface area contributed by atoms with Gasteiger partial charge in [0.1, 0.15) is 6.33 Å². The van der Waals surface area contributed by atoms with Crippen LogP contribution in [0.3, 0.4) is 0 Å². The number of imidazole rings is 1. The van der Waals surface area contributed by atoms with Crippen LogP contribution < -0.4 is 4.90 Å². The number of piperazine rings is 1. The van der Waals surface area contributed by atoms with Crippen molar-refractivity contribution in [2.24, 2.45) is 0 Å². The Balaban J connectivity index is 1.64. The van der Waals surface area contributed by atoms with Crippen molar-refractivity contribution in [2.45, 2.75) is 0 Å². The molecule has 1 aliphatic heterocycles. The predicted molar refractivity (Wildman–Crippen MR) is 107 cm³/mol. The number of carboxylic acid groups (broad SMARTS) is 1. The van der Waals surface area contributed by atoms with Crippen LogP contribution >= 0.6 is 0 Å². The van der Waals surface area contributed by atoms with E-state index in [0.717, 1.165) is 54.5 Å². The zero-order chi connectivity index (χ0) is 18.8. The van der Waals surface area contributed by atoms with Gasteiger partial charge in [0.05, 0.1) is 11.0 Å². The number of carbonyl (C=O) groups is 1. The summed E-state index contributed by atoms with van der Waals surface area (Å²) in [7, 11) is 2.16. The average molecular weight is 362 g/mol. The van der Waals surface area contributed by atoms with E-state index in [-0.39, 0.29) is 0 Å². The van der Waals surface area contributed by atoms with Crippen molar-refractivity contribution in [1.29, 1.82) is 0 Å². The van der Waals surface area contributed by atoms with Crippen LogP contribution in [0.5, 0.6) is 0 Å². The van der Waals surface area contributed by atoms with Crippen LogP contribution in [0.25, 0.3) is 22.8 Å². The lowest BCUT2D eigenvalue weighted by atomic mass is 10.1. The molecule has 0 saturated carbocycles. The molecule has 2 aromatic carbocycles. The summed E-state index contributed by atoms with van der Waals surface area (Å²) in [6.45, 7) is 4.21. The standard InChI is InChI=1S/C21H22N4O2/c1-23-9-11-24(12-10-23)17-3-2-4-18(14-17)25-15-22-19-13-16(5-7-20(19)25)6-8-21(26)27/h2-8,13-15H,9-12H2,1H3,(H,26,27). The minimum Gasteiger partial charge on any atom is -0.478 e. The van der Waals surface area contributed by atoms with Gasteiger partial charge in [0.15, 0.2) is 0 Å². The van der Waals surface area contributed by atoms with E-state index in [4.69, 9.17) is 5.11 Å². The van der Waals surface area contributed by atoms with Crippen molar-refractivity contribution in [3.05, 3.63) is 60.4 Å². The Morgan fingerprint density at radius 2 is 1.85 bits per heavy atom. The minimum atomic E-state index is -0.957. The van der Waals surface area contributed by atoms with Crippen molar-refractivity contribution < 1.29 is 9.90 Å². The first-order valence-electron chi connectivity index (χ1n) is 9.02. The monoisotopic (exact) mass is 362 g/mol. The predicted octanol–water partition coefficient (Wildman–Crippen LogP) is 2.88. The molecule has 1 aromatic heterocycles. The molecule has 2 heterocycles. The Morgan fingerprint density at radius 1 is 1.07 bits per heavy atom. The van der Waals surface area contributed by atoms with Crippen molar-refractivity contribution >= 4 is 28.8 Å². The van der Waals surface area contributed by atoms with Gasteiger partial charge in [-0.3, -0.25) is 4.57 Å². The normalized spacial score (nSPS) is 15.7. The number of anilines is 1. The van der Waals surface area contributed by atoms with Gasteiger partial charge in [-0.25, -0.2) is 9.78 Å². The number of nitrogens with zero attached hydrogens (tertiary/aromatic N) is 4. The van der Waals surface area contributed by atoms with Gasteiger partial charge in [-0.05, 0) is 49.0 Å². The molecule has 27 heavy (non-hydrogen) atoms. The number of carboxylic acids is 1. The molecule has 1 fully saturated rings. The maximum Gasteiger partial charge on any atom is 0.328 e. The molecule has 6 nitrogen and oxygen atoms in total. The van der Waals surface area contributed by atoms with E-state index >= 15 is 0 Å². The Kier molecular flexibility index (Phi) is 4.64. The molecule has 1 aliphatic rings. The first-order chi connectivity index (χ1) is 13.1. The fourth-order valence-electron chi connectivity index (χ4n) is 3.41. The van der Waals surface area contributed by atoms with E-state index in [9.17, 15) is 4.79 Å². The Hall–Kier alpha value is -3.12. The van der Waals surface area contributed by atoms with Crippen molar-refractivity contribution in [2.75, 3.05) is 38.1 Å². The second kappa shape index (κ2) is 7.25. The molecular weight excluding hydrogens is 340 g/mol. The molecule has 3 aromatic rings. The van der Waals surface area contributed by atoms with E-state index in [1.54, 1.807) is 6.08 Å². The lowest BCUT2D eigenvalue weighted by Crippen LogP contribution is -2.44. The van der Waals surface area contributed by atoms with Gasteiger partial charge in [-0.1, -0.05) is 12.1 Å². The molecule has 4 rings (SSSR count). The number of likely N-dealkylation sites (N-methyl/N-ethyl adjacent to an activating group) is 1. The molecule has 0 unspecified atom stereocenters. The fraction of sp³-hybridized carbons (Fsp3) is 0.238. The lowest BCUT2D eigenvalue weighted by molar-refractivity contribution is -0.131. The molecule has 6 heteroatoms. The summed E-state index contributed by atoms with van der Waals surface area (Å²) in [6, 6.07) is 14.3. The zero-order valence-electron chi connectivity index (χ0n) is 15.2. The second-order valence-electron chi connectivity index (χ2n) is 6.84. The number of fused-ring (bicyclic) bond motifs is 1. The number of benzene rings is 2. The smallest absolute Gasteiger partial charge is 0.328 e. The number of aliphatic carboxylic acids is 1.